The summed E-state index contributed by atoms with van der Waals surface area (Å²) in [6, 6.07) is 9.31. The Morgan fingerprint density at radius 3 is 2.89 bits per heavy atom. The highest BCUT2D eigenvalue weighted by atomic mass is 35.5. The van der Waals surface area contributed by atoms with E-state index in [1.807, 2.05) is 35.1 Å². The largest absolute Gasteiger partial charge is 0.351 e. The van der Waals surface area contributed by atoms with Gasteiger partial charge >= 0.3 is 0 Å². The predicted molar refractivity (Wildman–Crippen MR) is 106 cm³/mol. The van der Waals surface area contributed by atoms with E-state index in [1.54, 1.807) is 13.0 Å². The van der Waals surface area contributed by atoms with Gasteiger partial charge in [0.1, 0.15) is 0 Å². The van der Waals surface area contributed by atoms with Crippen LogP contribution in [0.5, 0.6) is 0 Å². The van der Waals surface area contributed by atoms with Crippen molar-refractivity contribution < 1.29 is 9.32 Å². The van der Waals surface area contributed by atoms with Crippen LogP contribution in [0.3, 0.4) is 0 Å². The normalized spacial score (nSPS) is 17.9. The highest BCUT2D eigenvalue weighted by molar-refractivity contribution is 6.31. The molecule has 4 rings (SSSR count). The summed E-state index contributed by atoms with van der Waals surface area (Å²) in [6.07, 6.45) is 3.58. The number of halogens is 1. The number of amides is 1. The van der Waals surface area contributed by atoms with Crippen molar-refractivity contribution in [2.75, 3.05) is 0 Å². The van der Waals surface area contributed by atoms with Gasteiger partial charge in [0.15, 0.2) is 0 Å². The molecule has 6 nitrogen and oxygen atoms in total. The van der Waals surface area contributed by atoms with Crippen LogP contribution in [0.1, 0.15) is 59.4 Å². The molecule has 3 aromatic rings. The lowest BCUT2D eigenvalue weighted by Crippen LogP contribution is -2.36. The number of aryl methyl sites for hydroxylation is 1. The van der Waals surface area contributed by atoms with Crippen molar-refractivity contribution in [1.29, 1.82) is 0 Å². The second-order valence-electron chi connectivity index (χ2n) is 8.20. The number of benzene rings is 1. The number of carbonyl (C=O) groups is 1. The van der Waals surface area contributed by atoms with Gasteiger partial charge in [-0.1, -0.05) is 48.8 Å². The Hall–Kier alpha value is -2.60. The predicted octanol–water partition coefficient (Wildman–Crippen LogP) is 4.32. The molecule has 0 saturated carbocycles. The summed E-state index contributed by atoms with van der Waals surface area (Å²) in [6.45, 7) is 6.81. The number of aromatic nitrogens is 3. The van der Waals surface area contributed by atoms with Crippen molar-refractivity contribution in [1.82, 2.24) is 20.3 Å². The van der Waals surface area contributed by atoms with Gasteiger partial charge < -0.3 is 9.84 Å². The van der Waals surface area contributed by atoms with E-state index in [1.165, 1.54) is 0 Å². The van der Waals surface area contributed by atoms with Crippen molar-refractivity contribution in [3.05, 3.63) is 69.8 Å². The molecule has 0 radical (unpaired) electrons. The molecule has 0 unspecified atom stereocenters. The van der Waals surface area contributed by atoms with Crippen LogP contribution >= 0.6 is 11.6 Å². The van der Waals surface area contributed by atoms with Crippen LogP contribution in [0.4, 0.5) is 0 Å². The molecule has 2 aromatic heterocycles. The molecule has 1 aliphatic rings. The molecule has 2 heterocycles. The van der Waals surface area contributed by atoms with E-state index in [4.69, 9.17) is 16.1 Å². The van der Waals surface area contributed by atoms with E-state index in [2.05, 4.69) is 29.4 Å². The monoisotopic (exact) mass is 398 g/mol. The quantitative estimate of drug-likeness (QED) is 0.710. The maximum atomic E-state index is 12.6. The second kappa shape index (κ2) is 7.09. The number of hydrogen-bond acceptors (Lipinski definition) is 4. The van der Waals surface area contributed by atoms with Gasteiger partial charge in [-0.05, 0) is 36.8 Å². The Bertz CT molecular complexity index is 1020. The van der Waals surface area contributed by atoms with E-state index in [-0.39, 0.29) is 23.1 Å². The molecular weight excluding hydrogens is 376 g/mol. The summed E-state index contributed by atoms with van der Waals surface area (Å²) in [5.41, 5.74) is 3.92. The molecule has 0 aliphatic heterocycles. The summed E-state index contributed by atoms with van der Waals surface area (Å²) in [5.74, 6) is -0.0287. The second-order valence-corrected chi connectivity index (χ2v) is 8.61. The van der Waals surface area contributed by atoms with E-state index >= 15 is 0 Å². The van der Waals surface area contributed by atoms with Crippen molar-refractivity contribution in [3.8, 4) is 0 Å². The van der Waals surface area contributed by atoms with Gasteiger partial charge in [0.25, 0.3) is 5.91 Å². The smallest absolute Gasteiger partial charge is 0.290 e. The maximum Gasteiger partial charge on any atom is 0.290 e. The first-order valence-corrected chi connectivity index (χ1v) is 9.72. The SMILES string of the molecule is Cc1cc(C(=O)N[C@@H]2CC(C)(C)Cc3c2cnn3Cc2ccccc2Cl)on1. The number of fused-ring (bicyclic) bond motifs is 1. The molecule has 1 atom stereocenters. The summed E-state index contributed by atoms with van der Waals surface area (Å²) < 4.78 is 7.10. The van der Waals surface area contributed by atoms with Gasteiger partial charge in [0, 0.05) is 22.3 Å². The Kier molecular flexibility index (Phi) is 4.75. The van der Waals surface area contributed by atoms with E-state index in [0.29, 0.717) is 12.2 Å². The number of carbonyl (C=O) groups excluding carboxylic acids is 1. The Morgan fingerprint density at radius 2 is 2.18 bits per heavy atom. The fraction of sp³-hybridized carbons (Fsp3) is 0.381. The molecule has 0 fully saturated rings. The maximum absolute atomic E-state index is 12.6. The number of rotatable bonds is 4. The summed E-state index contributed by atoms with van der Waals surface area (Å²) >= 11 is 6.33. The molecule has 1 aliphatic carbocycles. The minimum absolute atomic E-state index is 0.0283. The molecule has 28 heavy (non-hydrogen) atoms. The lowest BCUT2D eigenvalue weighted by molar-refractivity contribution is 0.0881. The number of nitrogens with one attached hydrogen (secondary N) is 1. The molecule has 1 N–H and O–H groups in total. The zero-order valence-corrected chi connectivity index (χ0v) is 17.0. The average molecular weight is 399 g/mol. The molecular formula is C21H23ClN4O2. The molecule has 1 aromatic carbocycles. The van der Waals surface area contributed by atoms with Gasteiger partial charge in [-0.3, -0.25) is 9.48 Å². The number of nitrogens with zero attached hydrogens (tertiary/aromatic N) is 3. The molecule has 7 heteroatoms. The Morgan fingerprint density at radius 1 is 1.39 bits per heavy atom. The van der Waals surface area contributed by atoms with Crippen molar-refractivity contribution in [3.63, 3.8) is 0 Å². The Balaban J connectivity index is 1.62. The molecule has 0 spiro atoms. The zero-order valence-electron chi connectivity index (χ0n) is 16.2. The van der Waals surface area contributed by atoms with Crippen molar-refractivity contribution in [2.24, 2.45) is 5.41 Å². The lowest BCUT2D eigenvalue weighted by atomic mass is 9.74. The zero-order chi connectivity index (χ0) is 19.9. The van der Waals surface area contributed by atoms with Crippen LogP contribution < -0.4 is 5.32 Å². The van der Waals surface area contributed by atoms with Gasteiger partial charge in [-0.25, -0.2) is 0 Å². The average Bonchev–Trinajstić information content (AvgIpc) is 3.23. The Labute approximate surface area is 168 Å². The van der Waals surface area contributed by atoms with Crippen LogP contribution in [0, 0.1) is 12.3 Å². The highest BCUT2D eigenvalue weighted by Gasteiger charge is 2.36. The third kappa shape index (κ3) is 3.69. The highest BCUT2D eigenvalue weighted by Crippen LogP contribution is 2.41. The molecule has 1 amide bonds. The van der Waals surface area contributed by atoms with Gasteiger partial charge in [-0.15, -0.1) is 0 Å². The minimum atomic E-state index is -0.256. The summed E-state index contributed by atoms with van der Waals surface area (Å²) in [5, 5.41) is 12.2. The minimum Gasteiger partial charge on any atom is -0.351 e. The summed E-state index contributed by atoms with van der Waals surface area (Å²) in [4.78, 5) is 12.6. The van der Waals surface area contributed by atoms with Crippen LogP contribution in [0.2, 0.25) is 5.02 Å². The first-order chi connectivity index (χ1) is 13.3. The van der Waals surface area contributed by atoms with Crippen LogP contribution in [0.25, 0.3) is 0 Å². The first-order valence-electron chi connectivity index (χ1n) is 9.34. The van der Waals surface area contributed by atoms with Gasteiger partial charge in [0.05, 0.1) is 24.5 Å². The molecule has 0 saturated heterocycles. The topological polar surface area (TPSA) is 73.0 Å². The standard InChI is InChI=1S/C21H23ClN4O2/c1-13-8-19(28-25-13)20(27)24-17-9-21(2,3)10-18-15(17)11-23-26(18)12-14-6-4-5-7-16(14)22/h4-8,11,17H,9-10,12H2,1-3H3,(H,24,27)/t17-/m1/s1. The molecule has 0 bridgehead atoms. The van der Waals surface area contributed by atoms with E-state index < -0.39 is 0 Å². The van der Waals surface area contributed by atoms with Gasteiger partial charge in [0.2, 0.25) is 5.76 Å². The van der Waals surface area contributed by atoms with Crippen molar-refractivity contribution in [2.45, 2.75) is 46.2 Å². The fourth-order valence-electron chi connectivity index (χ4n) is 3.85. The summed E-state index contributed by atoms with van der Waals surface area (Å²) in [7, 11) is 0. The van der Waals surface area contributed by atoms with Crippen molar-refractivity contribution >= 4 is 17.5 Å². The van der Waals surface area contributed by atoms with Crippen LogP contribution in [-0.4, -0.2) is 20.8 Å². The molecule has 146 valence electrons. The van der Waals surface area contributed by atoms with Gasteiger partial charge in [-0.2, -0.15) is 5.10 Å². The third-order valence-corrected chi connectivity index (χ3v) is 5.56. The lowest BCUT2D eigenvalue weighted by Gasteiger charge is -2.35. The van der Waals surface area contributed by atoms with Crippen LogP contribution in [0.15, 0.2) is 41.1 Å². The van der Waals surface area contributed by atoms with E-state index in [9.17, 15) is 4.79 Å². The fourth-order valence-corrected chi connectivity index (χ4v) is 4.05. The third-order valence-electron chi connectivity index (χ3n) is 5.19. The first kappa shape index (κ1) is 18.7. The van der Waals surface area contributed by atoms with E-state index in [0.717, 1.165) is 34.7 Å². The van der Waals surface area contributed by atoms with Crippen LogP contribution in [-0.2, 0) is 13.0 Å². The number of hydrogen-bond donors (Lipinski definition) is 1.